The van der Waals surface area contributed by atoms with E-state index in [0.29, 0.717) is 0 Å². The Morgan fingerprint density at radius 3 is 1.15 bits per heavy atom. The monoisotopic (exact) mass is 454 g/mol. The third kappa shape index (κ3) is 15.2. The minimum Gasteiger partial charge on any atom is -1.00 e. The molecule has 3 nitrogen and oxygen atoms in total. The van der Waals surface area contributed by atoms with Crippen LogP contribution in [-0.2, 0) is 0 Å². The van der Waals surface area contributed by atoms with Gasteiger partial charge in [-0.2, -0.15) is 39.5 Å². The van der Waals surface area contributed by atoms with Gasteiger partial charge in [0.15, 0.2) is 6.67 Å². The molecule has 0 aromatic heterocycles. The number of rotatable bonds is 6. The van der Waals surface area contributed by atoms with Crippen LogP contribution in [0.3, 0.4) is 0 Å². The van der Waals surface area contributed by atoms with Crippen LogP contribution in [-0.4, -0.2) is 55.7 Å². The van der Waals surface area contributed by atoms with Crippen molar-refractivity contribution in [1.82, 2.24) is 4.90 Å². The topological polar surface area (TPSA) is 43.4 Å². The van der Waals surface area contributed by atoms with Gasteiger partial charge in [-0.1, -0.05) is 0 Å². The van der Waals surface area contributed by atoms with E-state index >= 15 is 0 Å². The molecule has 0 unspecified atom stereocenters. The smallest absolute Gasteiger partial charge is 1.00 e. The molecule has 0 spiro atoms. The third-order valence-electron chi connectivity index (χ3n) is 1.54. The number of nitrogens with zero attached hydrogens (tertiary/aromatic N) is 1. The molecule has 0 aliphatic heterocycles. The first-order valence-electron chi connectivity index (χ1n) is 5.04. The van der Waals surface area contributed by atoms with E-state index in [1.807, 2.05) is 0 Å². The summed E-state index contributed by atoms with van der Waals surface area (Å²) >= 11 is 0. The maximum atomic E-state index is 11.9. The molecule has 0 fully saturated rings. The molecule has 26 heavy (non-hydrogen) atoms. The summed E-state index contributed by atoms with van der Waals surface area (Å²) in [7, 11) is 0. The second-order valence-electron chi connectivity index (χ2n) is 3.28. The Balaban J connectivity index is -0.0000000959. The number of carbonyl (C=O) groups is 1. The number of carbonyl (C=O) groups excluding carboxylic acids is 1. The van der Waals surface area contributed by atoms with Crippen LogP contribution in [0, 0.1) is 0 Å². The number of halogens is 14. The van der Waals surface area contributed by atoms with Crippen LogP contribution >= 0.6 is 0 Å². The molecule has 0 N–H and O–H groups in total. The standard InChI is InChI=1S/C4H4F7N.C3H2F6.CHFO2.K.H/c5-1-4(10,11)12(2(6)7)3(8)9;4-1(5)3(8,9)2(6)7;2-1(3)4;;/h2-3H,1H2;1-2H;(H,3,4);;/q;;;+1;-1/p-1. The van der Waals surface area contributed by atoms with Crippen LogP contribution in [0.2, 0.25) is 0 Å². The predicted octanol–water partition coefficient (Wildman–Crippen LogP) is 0.863. The average Bonchev–Trinajstić information content (AvgIpc) is 2.36. The molecule has 0 saturated heterocycles. The van der Waals surface area contributed by atoms with Gasteiger partial charge in [-0.3, -0.25) is 0 Å². The maximum absolute atomic E-state index is 11.9. The molecular formula is C8H7F14KNO2-. The second-order valence-corrected chi connectivity index (χ2v) is 3.28. The largest absolute Gasteiger partial charge is 1.00 e. The molecule has 0 aliphatic carbocycles. The Kier molecular flexibility index (Phi) is 19.5. The van der Waals surface area contributed by atoms with Crippen LogP contribution in [0.4, 0.5) is 66.3 Å². The molecule has 0 atom stereocenters. The van der Waals surface area contributed by atoms with Gasteiger partial charge in [0, 0.05) is 0 Å². The molecule has 0 bridgehead atoms. The number of alkyl halides is 13. The van der Waals surface area contributed by atoms with E-state index in [-0.39, 0.29) is 52.8 Å². The Hall–Kier alpha value is 0.0864. The van der Waals surface area contributed by atoms with Crippen LogP contribution < -0.4 is 56.5 Å². The van der Waals surface area contributed by atoms with Crippen LogP contribution in [0.1, 0.15) is 1.43 Å². The Labute approximate surface area is 179 Å². The van der Waals surface area contributed by atoms with Crippen molar-refractivity contribution >= 4 is 6.22 Å². The van der Waals surface area contributed by atoms with Gasteiger partial charge in [0.2, 0.25) is 6.22 Å². The minimum absolute atomic E-state index is 0. The summed E-state index contributed by atoms with van der Waals surface area (Å²) in [4.78, 5) is 6.42. The van der Waals surface area contributed by atoms with E-state index in [1.165, 1.54) is 0 Å². The van der Waals surface area contributed by atoms with Crippen molar-refractivity contribution in [3.63, 3.8) is 0 Å². The van der Waals surface area contributed by atoms with Crippen LogP contribution in [0.5, 0.6) is 0 Å². The molecular weight excluding hydrogens is 447 g/mol. The fraction of sp³-hybridized carbons (Fsp3) is 0.875. The van der Waals surface area contributed by atoms with Gasteiger partial charge in [0.1, 0.15) is 0 Å². The fourth-order valence-corrected chi connectivity index (χ4v) is 0.535. The average molecular weight is 454 g/mol. The Bertz CT molecular complexity index is 353. The van der Waals surface area contributed by atoms with Crippen LogP contribution in [0.15, 0.2) is 0 Å². The summed E-state index contributed by atoms with van der Waals surface area (Å²) in [5.74, 6) is -5.17. The van der Waals surface area contributed by atoms with Crippen molar-refractivity contribution in [1.29, 1.82) is 0 Å². The van der Waals surface area contributed by atoms with E-state index in [4.69, 9.17) is 9.90 Å². The zero-order chi connectivity index (χ0) is 21.2. The molecule has 0 rings (SSSR count). The van der Waals surface area contributed by atoms with Gasteiger partial charge >= 0.3 is 89.3 Å². The van der Waals surface area contributed by atoms with Crippen molar-refractivity contribution in [2.24, 2.45) is 0 Å². The summed E-state index contributed by atoms with van der Waals surface area (Å²) < 4.78 is 156. The summed E-state index contributed by atoms with van der Waals surface area (Å²) in [5.41, 5.74) is 0. The minimum atomic E-state index is -5.17. The third-order valence-corrected chi connectivity index (χ3v) is 1.54. The van der Waals surface area contributed by atoms with Gasteiger partial charge in [0.05, 0.1) is 0 Å². The van der Waals surface area contributed by atoms with Gasteiger partial charge in [0.25, 0.3) is 0 Å². The van der Waals surface area contributed by atoms with E-state index < -0.39 is 55.7 Å². The molecule has 0 aliphatic rings. The van der Waals surface area contributed by atoms with E-state index in [9.17, 15) is 61.5 Å². The summed E-state index contributed by atoms with van der Waals surface area (Å²) in [6.45, 7) is -10.8. The van der Waals surface area contributed by atoms with Gasteiger partial charge in [-0.25, -0.2) is 22.0 Å². The van der Waals surface area contributed by atoms with Crippen molar-refractivity contribution in [3.05, 3.63) is 0 Å². The first-order chi connectivity index (χ1) is 10.9. The fourth-order valence-electron chi connectivity index (χ4n) is 0.535. The van der Waals surface area contributed by atoms with Gasteiger partial charge in [-0.05, 0) is 0 Å². The first-order valence-corrected chi connectivity index (χ1v) is 5.04. The summed E-state index contributed by atoms with van der Waals surface area (Å²) in [6.07, 6.45) is -11.2. The second kappa shape index (κ2) is 15.1. The predicted molar refractivity (Wildman–Crippen MR) is 49.3 cm³/mol. The van der Waals surface area contributed by atoms with E-state index in [2.05, 4.69) is 0 Å². The zero-order valence-corrected chi connectivity index (χ0v) is 15.2. The Morgan fingerprint density at radius 2 is 1.12 bits per heavy atom. The van der Waals surface area contributed by atoms with Crippen molar-refractivity contribution < 1.29 is 124 Å². The number of hydrogen-bond donors (Lipinski definition) is 0. The molecule has 156 valence electrons. The zero-order valence-electron chi connectivity index (χ0n) is 13.1. The van der Waals surface area contributed by atoms with Gasteiger partial charge in [-0.15, -0.1) is 4.90 Å². The maximum Gasteiger partial charge on any atom is 1.00 e. The van der Waals surface area contributed by atoms with Crippen molar-refractivity contribution in [2.45, 2.75) is 37.9 Å². The van der Waals surface area contributed by atoms with Crippen LogP contribution in [0.25, 0.3) is 0 Å². The molecule has 0 amide bonds. The van der Waals surface area contributed by atoms with Gasteiger partial charge < -0.3 is 11.3 Å². The van der Waals surface area contributed by atoms with E-state index in [1.54, 1.807) is 0 Å². The molecule has 0 radical (unpaired) electrons. The normalized spacial score (nSPS) is 11.8. The number of carboxylic acid groups (broad SMARTS) is 1. The SMILES string of the molecule is FC(F)C(F)(F)C(F)F.FCC(F)(F)N(C(F)F)C(F)F.O=C([O-])F.[H-].[K+]. The quantitative estimate of drug-likeness (QED) is 0.259. The summed E-state index contributed by atoms with van der Waals surface area (Å²) in [6, 6.07) is -4.83. The van der Waals surface area contributed by atoms with E-state index in [0.717, 1.165) is 0 Å². The molecule has 0 aromatic carbocycles. The molecule has 0 saturated carbocycles. The molecule has 0 aromatic rings. The van der Waals surface area contributed by atoms with Crippen molar-refractivity contribution in [3.8, 4) is 0 Å². The van der Waals surface area contributed by atoms with Crippen molar-refractivity contribution in [2.75, 3.05) is 6.67 Å². The summed E-state index contributed by atoms with van der Waals surface area (Å²) in [5, 5.41) is 8.22. The first kappa shape index (κ1) is 33.7. The number of hydrogen-bond acceptors (Lipinski definition) is 3. The molecule has 0 heterocycles. The Morgan fingerprint density at radius 1 is 0.885 bits per heavy atom. The molecule has 18 heteroatoms.